The van der Waals surface area contributed by atoms with Crippen LogP contribution in [0, 0.1) is 0 Å². The molecule has 7 heteroatoms. The number of fused-ring (bicyclic) bond motifs is 1. The summed E-state index contributed by atoms with van der Waals surface area (Å²) < 4.78 is 0. The molecule has 1 saturated heterocycles. The minimum absolute atomic E-state index is 0.768. The Morgan fingerprint density at radius 2 is 1.64 bits per heavy atom. The van der Waals surface area contributed by atoms with Crippen molar-refractivity contribution in [3.63, 3.8) is 0 Å². The second-order valence-electron chi connectivity index (χ2n) is 5.25. The molecule has 1 aliphatic rings. The summed E-state index contributed by atoms with van der Waals surface area (Å²) >= 11 is 5.95. The Morgan fingerprint density at radius 3 is 2.41 bits per heavy atom. The van der Waals surface area contributed by atoms with Gasteiger partial charge in [0.2, 0.25) is 0 Å². The van der Waals surface area contributed by atoms with Gasteiger partial charge in [0.25, 0.3) is 0 Å². The Bertz CT molecular complexity index is 776. The van der Waals surface area contributed by atoms with Crippen LogP contribution in [0.4, 0.5) is 11.5 Å². The summed E-state index contributed by atoms with van der Waals surface area (Å²) in [7, 11) is 0. The summed E-state index contributed by atoms with van der Waals surface area (Å²) in [6.45, 7) is 3.69. The van der Waals surface area contributed by atoms with Crippen molar-refractivity contribution in [2.75, 3.05) is 36.0 Å². The SMILES string of the molecule is Clc1ccc(N2CCN(c3ncnc4[nH]cnc34)CC2)cc1. The Morgan fingerprint density at radius 1 is 0.909 bits per heavy atom. The molecule has 0 saturated carbocycles. The van der Waals surface area contributed by atoms with Crippen LogP contribution < -0.4 is 9.80 Å². The molecule has 0 spiro atoms. The third kappa shape index (κ3) is 2.35. The number of hydrogen-bond donors (Lipinski definition) is 1. The zero-order chi connectivity index (χ0) is 14.9. The highest BCUT2D eigenvalue weighted by molar-refractivity contribution is 6.30. The number of anilines is 2. The Hall–Kier alpha value is -2.34. The predicted octanol–water partition coefficient (Wildman–Crippen LogP) is 2.33. The van der Waals surface area contributed by atoms with E-state index in [0.717, 1.165) is 48.2 Å². The van der Waals surface area contributed by atoms with Gasteiger partial charge in [0.1, 0.15) is 11.8 Å². The van der Waals surface area contributed by atoms with Crippen LogP contribution in [0.3, 0.4) is 0 Å². The number of imidazole rings is 1. The van der Waals surface area contributed by atoms with Crippen molar-refractivity contribution in [3.8, 4) is 0 Å². The lowest BCUT2D eigenvalue weighted by molar-refractivity contribution is 0.648. The van der Waals surface area contributed by atoms with Crippen molar-refractivity contribution in [2.45, 2.75) is 0 Å². The Kier molecular flexibility index (Phi) is 3.31. The molecule has 1 aliphatic heterocycles. The molecule has 112 valence electrons. The summed E-state index contributed by atoms with van der Waals surface area (Å²) in [6, 6.07) is 7.99. The van der Waals surface area contributed by atoms with Gasteiger partial charge in [0.15, 0.2) is 11.5 Å². The van der Waals surface area contributed by atoms with Gasteiger partial charge in [-0.25, -0.2) is 15.0 Å². The van der Waals surface area contributed by atoms with Crippen molar-refractivity contribution < 1.29 is 0 Å². The summed E-state index contributed by atoms with van der Waals surface area (Å²) in [6.07, 6.45) is 3.24. The first-order chi connectivity index (χ1) is 10.8. The normalized spacial score (nSPS) is 15.5. The third-order valence-electron chi connectivity index (χ3n) is 3.97. The van der Waals surface area contributed by atoms with Crippen LogP contribution in [0.2, 0.25) is 5.02 Å². The van der Waals surface area contributed by atoms with Gasteiger partial charge >= 0.3 is 0 Å². The maximum atomic E-state index is 5.95. The lowest BCUT2D eigenvalue weighted by Crippen LogP contribution is -2.46. The van der Waals surface area contributed by atoms with E-state index in [-0.39, 0.29) is 0 Å². The zero-order valence-electron chi connectivity index (χ0n) is 11.9. The molecule has 0 bridgehead atoms. The molecule has 0 unspecified atom stereocenters. The Labute approximate surface area is 132 Å². The van der Waals surface area contributed by atoms with Crippen molar-refractivity contribution in [1.29, 1.82) is 0 Å². The van der Waals surface area contributed by atoms with E-state index in [1.165, 1.54) is 5.69 Å². The summed E-state index contributed by atoms with van der Waals surface area (Å²) in [5.41, 5.74) is 2.82. The van der Waals surface area contributed by atoms with Crippen molar-refractivity contribution >= 4 is 34.3 Å². The predicted molar refractivity (Wildman–Crippen MR) is 87.6 cm³/mol. The molecule has 1 fully saturated rings. The number of piperazine rings is 1. The standard InChI is InChI=1S/C15H15ClN6/c16-11-1-3-12(4-2-11)21-5-7-22(8-6-21)15-13-14(18-9-17-13)19-10-20-15/h1-4,9-10H,5-8H2,(H,17,18,19,20). The lowest BCUT2D eigenvalue weighted by atomic mass is 10.2. The molecule has 4 rings (SSSR count). The van der Waals surface area contributed by atoms with E-state index in [1.54, 1.807) is 12.7 Å². The van der Waals surface area contributed by atoms with Gasteiger partial charge in [-0.15, -0.1) is 0 Å². The van der Waals surface area contributed by atoms with Gasteiger partial charge in [-0.1, -0.05) is 11.6 Å². The smallest absolute Gasteiger partial charge is 0.162 e. The van der Waals surface area contributed by atoms with Crippen LogP contribution >= 0.6 is 11.6 Å². The van der Waals surface area contributed by atoms with Gasteiger partial charge in [0.05, 0.1) is 6.33 Å². The number of benzene rings is 1. The highest BCUT2D eigenvalue weighted by atomic mass is 35.5. The number of aromatic amines is 1. The quantitative estimate of drug-likeness (QED) is 0.786. The van der Waals surface area contributed by atoms with E-state index in [4.69, 9.17) is 11.6 Å². The zero-order valence-corrected chi connectivity index (χ0v) is 12.7. The highest BCUT2D eigenvalue weighted by Gasteiger charge is 2.21. The minimum atomic E-state index is 0.768. The highest BCUT2D eigenvalue weighted by Crippen LogP contribution is 2.24. The van der Waals surface area contributed by atoms with E-state index in [9.17, 15) is 0 Å². The monoisotopic (exact) mass is 314 g/mol. The molecule has 0 atom stereocenters. The molecule has 3 aromatic rings. The summed E-state index contributed by atoms with van der Waals surface area (Å²) in [5, 5.41) is 0.768. The van der Waals surface area contributed by atoms with Crippen LogP contribution in [-0.4, -0.2) is 46.1 Å². The van der Waals surface area contributed by atoms with Gasteiger partial charge in [-0.2, -0.15) is 0 Å². The summed E-state index contributed by atoms with van der Waals surface area (Å²) in [5.74, 6) is 0.905. The van der Waals surface area contributed by atoms with E-state index in [0.29, 0.717) is 0 Å². The van der Waals surface area contributed by atoms with Crippen molar-refractivity contribution in [3.05, 3.63) is 41.9 Å². The number of rotatable bonds is 2. The molecular weight excluding hydrogens is 300 g/mol. The average Bonchev–Trinajstić information content (AvgIpc) is 3.04. The van der Waals surface area contributed by atoms with Crippen LogP contribution in [0.5, 0.6) is 0 Å². The van der Waals surface area contributed by atoms with Crippen LogP contribution in [0.1, 0.15) is 0 Å². The number of nitrogens with zero attached hydrogens (tertiary/aromatic N) is 5. The minimum Gasteiger partial charge on any atom is -0.368 e. The average molecular weight is 315 g/mol. The van der Waals surface area contributed by atoms with E-state index in [2.05, 4.69) is 41.9 Å². The molecule has 2 aromatic heterocycles. The fourth-order valence-corrected chi connectivity index (χ4v) is 2.94. The molecule has 0 aliphatic carbocycles. The van der Waals surface area contributed by atoms with E-state index < -0.39 is 0 Å². The first kappa shape index (κ1) is 13.3. The second kappa shape index (κ2) is 5.46. The fraction of sp³-hybridized carbons (Fsp3) is 0.267. The van der Waals surface area contributed by atoms with Gasteiger partial charge in [-0.3, -0.25) is 0 Å². The lowest BCUT2D eigenvalue weighted by Gasteiger charge is -2.36. The maximum Gasteiger partial charge on any atom is 0.162 e. The van der Waals surface area contributed by atoms with Crippen molar-refractivity contribution in [2.24, 2.45) is 0 Å². The number of H-pyrrole nitrogens is 1. The van der Waals surface area contributed by atoms with Gasteiger partial charge in [-0.05, 0) is 24.3 Å². The topological polar surface area (TPSA) is 60.9 Å². The second-order valence-corrected chi connectivity index (χ2v) is 5.68. The molecular formula is C15H15ClN6. The summed E-state index contributed by atoms with van der Waals surface area (Å²) in [4.78, 5) is 20.6. The molecule has 0 radical (unpaired) electrons. The molecule has 22 heavy (non-hydrogen) atoms. The third-order valence-corrected chi connectivity index (χ3v) is 4.22. The number of hydrogen-bond acceptors (Lipinski definition) is 5. The maximum absolute atomic E-state index is 5.95. The number of aromatic nitrogens is 4. The fourth-order valence-electron chi connectivity index (χ4n) is 2.81. The van der Waals surface area contributed by atoms with Crippen LogP contribution in [-0.2, 0) is 0 Å². The molecule has 0 amide bonds. The molecule has 1 aromatic carbocycles. The Balaban J connectivity index is 1.52. The number of nitrogens with one attached hydrogen (secondary N) is 1. The van der Waals surface area contributed by atoms with E-state index >= 15 is 0 Å². The first-order valence-corrected chi connectivity index (χ1v) is 7.58. The first-order valence-electron chi connectivity index (χ1n) is 7.21. The van der Waals surface area contributed by atoms with Gasteiger partial charge < -0.3 is 14.8 Å². The molecule has 1 N–H and O–H groups in total. The van der Waals surface area contributed by atoms with Crippen LogP contribution in [0.25, 0.3) is 11.2 Å². The van der Waals surface area contributed by atoms with Crippen molar-refractivity contribution in [1.82, 2.24) is 19.9 Å². The number of halogens is 1. The molecule has 3 heterocycles. The largest absolute Gasteiger partial charge is 0.368 e. The molecule has 6 nitrogen and oxygen atoms in total. The van der Waals surface area contributed by atoms with Crippen LogP contribution in [0.15, 0.2) is 36.9 Å². The van der Waals surface area contributed by atoms with Gasteiger partial charge in [0, 0.05) is 36.9 Å². The van der Waals surface area contributed by atoms with E-state index in [1.807, 2.05) is 12.1 Å².